The third kappa shape index (κ3) is 2.69. The van der Waals surface area contributed by atoms with Crippen molar-refractivity contribution in [3.05, 3.63) is 52.9 Å². The van der Waals surface area contributed by atoms with Gasteiger partial charge in [-0.3, -0.25) is 9.48 Å². The number of nitrogens with one attached hydrogen (secondary N) is 1. The molecule has 4 rings (SSSR count). The molecule has 0 aliphatic carbocycles. The van der Waals surface area contributed by atoms with Crippen LogP contribution in [0.25, 0.3) is 10.9 Å². The van der Waals surface area contributed by atoms with Gasteiger partial charge in [0.05, 0.1) is 11.3 Å². The number of piperidine rings is 1. The molecule has 1 aliphatic rings. The van der Waals surface area contributed by atoms with E-state index < -0.39 is 0 Å². The fourth-order valence-corrected chi connectivity index (χ4v) is 3.67. The fraction of sp³-hybridized carbons (Fsp3) is 0.333. The normalized spacial score (nSPS) is 18.2. The first-order valence-electron chi connectivity index (χ1n) is 8.17. The molecule has 0 saturated carbocycles. The number of rotatable bonds is 2. The number of amides is 1. The number of aromatic amines is 1. The van der Waals surface area contributed by atoms with Crippen LogP contribution in [0.3, 0.4) is 0 Å². The highest BCUT2D eigenvalue weighted by Crippen LogP contribution is 2.28. The summed E-state index contributed by atoms with van der Waals surface area (Å²) in [5.74, 6) is 0.382. The van der Waals surface area contributed by atoms with Crippen LogP contribution in [0.2, 0.25) is 5.02 Å². The van der Waals surface area contributed by atoms with E-state index in [-0.39, 0.29) is 5.91 Å². The van der Waals surface area contributed by atoms with Crippen LogP contribution in [0, 0.1) is 0 Å². The van der Waals surface area contributed by atoms with E-state index in [0.29, 0.717) is 16.5 Å². The van der Waals surface area contributed by atoms with Crippen LogP contribution < -0.4 is 0 Å². The third-order valence-electron chi connectivity index (χ3n) is 4.74. The highest BCUT2D eigenvalue weighted by molar-refractivity contribution is 6.31. The molecule has 2 aromatic heterocycles. The Morgan fingerprint density at radius 3 is 3.04 bits per heavy atom. The lowest BCUT2D eigenvalue weighted by molar-refractivity contribution is 0.0708. The van der Waals surface area contributed by atoms with Crippen LogP contribution in [0.4, 0.5) is 0 Å². The first-order valence-corrected chi connectivity index (χ1v) is 8.55. The van der Waals surface area contributed by atoms with Crippen LogP contribution in [0.15, 0.2) is 36.7 Å². The first-order chi connectivity index (χ1) is 11.6. The number of halogens is 1. The summed E-state index contributed by atoms with van der Waals surface area (Å²) < 4.78 is 1.82. The van der Waals surface area contributed by atoms with Gasteiger partial charge in [-0.25, -0.2) is 0 Å². The van der Waals surface area contributed by atoms with Crippen LogP contribution >= 0.6 is 11.6 Å². The van der Waals surface area contributed by atoms with Gasteiger partial charge < -0.3 is 9.88 Å². The number of likely N-dealkylation sites (tertiary alicyclic amines) is 1. The molecule has 1 atom stereocenters. The monoisotopic (exact) mass is 342 g/mol. The molecule has 1 fully saturated rings. The molecule has 1 aliphatic heterocycles. The number of hydrogen-bond acceptors (Lipinski definition) is 2. The molecule has 1 N–H and O–H groups in total. The van der Waals surface area contributed by atoms with E-state index in [1.165, 1.54) is 0 Å². The van der Waals surface area contributed by atoms with Crippen molar-refractivity contribution in [2.24, 2.45) is 7.05 Å². The lowest BCUT2D eigenvalue weighted by Crippen LogP contribution is -2.39. The maximum Gasteiger partial charge on any atom is 0.256 e. The van der Waals surface area contributed by atoms with E-state index in [9.17, 15) is 4.79 Å². The summed E-state index contributed by atoms with van der Waals surface area (Å²) in [6, 6.07) is 7.62. The zero-order valence-corrected chi connectivity index (χ0v) is 14.3. The predicted molar refractivity (Wildman–Crippen MR) is 94.4 cm³/mol. The van der Waals surface area contributed by atoms with Crippen molar-refractivity contribution in [2.45, 2.75) is 18.8 Å². The zero-order chi connectivity index (χ0) is 16.7. The van der Waals surface area contributed by atoms with Crippen molar-refractivity contribution in [3.8, 4) is 0 Å². The minimum atomic E-state index is 0.0733. The summed E-state index contributed by atoms with van der Waals surface area (Å²) in [5.41, 5.74) is 2.67. The zero-order valence-electron chi connectivity index (χ0n) is 13.5. The molecule has 24 heavy (non-hydrogen) atoms. The lowest BCUT2D eigenvalue weighted by Gasteiger charge is -2.32. The van der Waals surface area contributed by atoms with Crippen molar-refractivity contribution in [3.63, 3.8) is 0 Å². The van der Waals surface area contributed by atoms with Gasteiger partial charge >= 0.3 is 0 Å². The maximum atomic E-state index is 13.0. The smallest absolute Gasteiger partial charge is 0.256 e. The van der Waals surface area contributed by atoms with Crippen LogP contribution in [-0.4, -0.2) is 38.7 Å². The van der Waals surface area contributed by atoms with Crippen LogP contribution in [-0.2, 0) is 7.05 Å². The second-order valence-electron chi connectivity index (χ2n) is 6.40. The van der Waals surface area contributed by atoms with Gasteiger partial charge in [0.2, 0.25) is 0 Å². The molecule has 0 bridgehead atoms. The number of aromatic nitrogens is 3. The topological polar surface area (TPSA) is 53.9 Å². The Labute approximate surface area is 145 Å². The quantitative estimate of drug-likeness (QED) is 0.774. The summed E-state index contributed by atoms with van der Waals surface area (Å²) in [7, 11) is 1.92. The molecule has 1 saturated heterocycles. The molecule has 1 unspecified atom stereocenters. The summed E-state index contributed by atoms with van der Waals surface area (Å²) in [4.78, 5) is 18.1. The minimum absolute atomic E-state index is 0.0733. The summed E-state index contributed by atoms with van der Waals surface area (Å²) in [6.45, 7) is 1.51. The standard InChI is InChI=1S/C18H19ClN4O/c1-22-8-6-16(21-22)12-3-2-7-23(11-12)18(24)15-10-20-17-9-13(19)4-5-14(15)17/h4-6,8-10,12,20H,2-3,7,11H2,1H3. The molecule has 3 aromatic rings. The summed E-state index contributed by atoms with van der Waals surface area (Å²) in [6.07, 6.45) is 5.82. The van der Waals surface area contributed by atoms with Gasteiger partial charge in [0, 0.05) is 54.4 Å². The Morgan fingerprint density at radius 2 is 2.25 bits per heavy atom. The maximum absolute atomic E-state index is 13.0. The van der Waals surface area contributed by atoms with Gasteiger partial charge in [0.1, 0.15) is 0 Å². The van der Waals surface area contributed by atoms with Crippen LogP contribution in [0.5, 0.6) is 0 Å². The molecule has 1 amide bonds. The number of aryl methyl sites for hydroxylation is 1. The highest BCUT2D eigenvalue weighted by atomic mass is 35.5. The highest BCUT2D eigenvalue weighted by Gasteiger charge is 2.27. The SMILES string of the molecule is Cn1ccc(C2CCCN(C(=O)c3c[nH]c4cc(Cl)ccc34)C2)n1. The molecule has 6 heteroatoms. The fourth-order valence-electron chi connectivity index (χ4n) is 3.50. The Kier molecular flexibility index (Phi) is 3.81. The number of fused-ring (bicyclic) bond motifs is 1. The number of carbonyl (C=O) groups is 1. The first kappa shape index (κ1) is 15.3. The second-order valence-corrected chi connectivity index (χ2v) is 6.83. The van der Waals surface area contributed by atoms with Crippen molar-refractivity contribution in [1.29, 1.82) is 0 Å². The molecule has 124 valence electrons. The lowest BCUT2D eigenvalue weighted by atomic mass is 9.94. The largest absolute Gasteiger partial charge is 0.360 e. The summed E-state index contributed by atoms with van der Waals surface area (Å²) in [5, 5.41) is 6.09. The van der Waals surface area contributed by atoms with E-state index in [4.69, 9.17) is 11.6 Å². The van der Waals surface area contributed by atoms with E-state index in [1.807, 2.05) is 47.1 Å². The summed E-state index contributed by atoms with van der Waals surface area (Å²) >= 11 is 6.02. The molecule has 5 nitrogen and oxygen atoms in total. The van der Waals surface area contributed by atoms with E-state index in [2.05, 4.69) is 10.1 Å². The Bertz CT molecular complexity index is 897. The average Bonchev–Trinajstić information content (AvgIpc) is 3.20. The Balaban J connectivity index is 1.59. The van der Waals surface area contributed by atoms with E-state index >= 15 is 0 Å². The number of nitrogens with zero attached hydrogens (tertiary/aromatic N) is 3. The van der Waals surface area contributed by atoms with Crippen molar-refractivity contribution in [1.82, 2.24) is 19.7 Å². The van der Waals surface area contributed by atoms with Gasteiger partial charge in [-0.1, -0.05) is 17.7 Å². The van der Waals surface area contributed by atoms with Gasteiger partial charge in [0.15, 0.2) is 0 Å². The van der Waals surface area contributed by atoms with Crippen molar-refractivity contribution < 1.29 is 4.79 Å². The van der Waals surface area contributed by atoms with Gasteiger partial charge in [-0.2, -0.15) is 5.10 Å². The van der Waals surface area contributed by atoms with E-state index in [0.717, 1.165) is 42.5 Å². The van der Waals surface area contributed by atoms with Gasteiger partial charge in [0.25, 0.3) is 5.91 Å². The van der Waals surface area contributed by atoms with E-state index in [1.54, 1.807) is 6.20 Å². The third-order valence-corrected chi connectivity index (χ3v) is 4.97. The molecular formula is C18H19ClN4O. The molecule has 3 heterocycles. The number of benzene rings is 1. The number of carbonyl (C=O) groups excluding carboxylic acids is 1. The van der Waals surface area contributed by atoms with Gasteiger partial charge in [-0.15, -0.1) is 0 Å². The molecule has 0 spiro atoms. The molecule has 0 radical (unpaired) electrons. The average molecular weight is 343 g/mol. The Morgan fingerprint density at radius 1 is 1.38 bits per heavy atom. The Hall–Kier alpha value is -2.27. The second kappa shape index (κ2) is 5.98. The van der Waals surface area contributed by atoms with Crippen molar-refractivity contribution >= 4 is 28.4 Å². The van der Waals surface area contributed by atoms with Gasteiger partial charge in [-0.05, 0) is 31.0 Å². The van der Waals surface area contributed by atoms with Crippen LogP contribution in [0.1, 0.15) is 34.8 Å². The molecule has 1 aromatic carbocycles. The predicted octanol–water partition coefficient (Wildman–Crippen LogP) is 3.57. The number of hydrogen-bond donors (Lipinski definition) is 1. The van der Waals surface area contributed by atoms with Crippen molar-refractivity contribution in [2.75, 3.05) is 13.1 Å². The number of H-pyrrole nitrogens is 1. The minimum Gasteiger partial charge on any atom is -0.360 e. The molecular weight excluding hydrogens is 324 g/mol.